The number of ether oxygens (including phenoxy) is 12. The number of carbonyl (C=O) groups is 4. The molecule has 5 heterocycles. The monoisotopic (exact) mass is 1250 g/mol. The van der Waals surface area contributed by atoms with Crippen LogP contribution >= 0.6 is 0 Å². The third kappa shape index (κ3) is 9.92. The van der Waals surface area contributed by atoms with Crippen molar-refractivity contribution in [3.63, 3.8) is 0 Å². The minimum Gasteiger partial charge on any atom is -0.507 e. The molecular weight excluding hydrogens is 1180 g/mol. The first-order chi connectivity index (χ1) is 43.0. The second-order valence-electron chi connectivity index (χ2n) is 25.1. The summed E-state index contributed by atoms with van der Waals surface area (Å²) in [7, 11) is 2.58. The van der Waals surface area contributed by atoms with Gasteiger partial charge in [-0.2, -0.15) is 0 Å². The quantitative estimate of drug-likeness (QED) is 0.0740. The Labute approximate surface area is 515 Å². The maximum atomic E-state index is 14.6. The fourth-order valence-corrected chi connectivity index (χ4v) is 15.0. The predicted octanol–water partition coefficient (Wildman–Crippen LogP) is 3.42. The summed E-state index contributed by atoms with van der Waals surface area (Å²) in [5, 5.41) is 102. The molecule has 5 saturated heterocycles. The Hall–Kier alpha value is -6.28. The molecular formula is C64H74N2O24. The van der Waals surface area contributed by atoms with Crippen molar-refractivity contribution in [2.24, 2.45) is 11.5 Å². The van der Waals surface area contributed by atoms with Crippen molar-refractivity contribution >= 4 is 23.1 Å². The van der Waals surface area contributed by atoms with Crippen LogP contribution < -0.4 is 20.9 Å². The van der Waals surface area contributed by atoms with E-state index in [0.29, 0.717) is 26.1 Å². The largest absolute Gasteiger partial charge is 0.507 e. The molecule has 16 atom stereocenters. The van der Waals surface area contributed by atoms with Crippen LogP contribution in [0.3, 0.4) is 0 Å². The van der Waals surface area contributed by atoms with E-state index in [9.17, 15) is 60.0 Å². The van der Waals surface area contributed by atoms with Gasteiger partial charge in [0.2, 0.25) is 23.1 Å². The highest BCUT2D eigenvalue weighted by molar-refractivity contribution is 6.32. The maximum absolute atomic E-state index is 14.6. The van der Waals surface area contributed by atoms with Gasteiger partial charge in [-0.15, -0.1) is 0 Å². The summed E-state index contributed by atoms with van der Waals surface area (Å²) in [5.74, 6) is -12.9. The van der Waals surface area contributed by atoms with Gasteiger partial charge in [0, 0.05) is 97.2 Å². The number of aliphatic hydroxyl groups excluding tert-OH is 1. The fraction of sp³-hybridized carbons (Fsp3) is 0.562. The molecule has 0 radical (unpaired) electrons. The number of nitrogens with two attached hydrogens (primary N) is 2. The van der Waals surface area contributed by atoms with Crippen molar-refractivity contribution in [3.8, 4) is 34.5 Å². The van der Waals surface area contributed by atoms with E-state index in [1.54, 1.807) is 13.8 Å². The molecule has 90 heavy (non-hydrogen) atoms. The molecule has 12 N–H and O–H groups in total. The lowest BCUT2D eigenvalue weighted by Crippen LogP contribution is -2.65. The van der Waals surface area contributed by atoms with Crippen LogP contribution in [0, 0.1) is 0 Å². The van der Waals surface area contributed by atoms with Crippen molar-refractivity contribution in [3.05, 3.63) is 103 Å². The molecule has 484 valence electrons. The zero-order chi connectivity index (χ0) is 63.7. The van der Waals surface area contributed by atoms with E-state index in [2.05, 4.69) is 0 Å². The number of fused-ring (bicyclic) bond motifs is 6. The van der Waals surface area contributed by atoms with Gasteiger partial charge < -0.3 is 109 Å². The van der Waals surface area contributed by atoms with Gasteiger partial charge in [0.25, 0.3) is 0 Å². The number of ketones is 4. The van der Waals surface area contributed by atoms with Gasteiger partial charge in [0.1, 0.15) is 71.1 Å². The van der Waals surface area contributed by atoms with Crippen molar-refractivity contribution in [2.75, 3.05) is 40.6 Å². The van der Waals surface area contributed by atoms with E-state index in [-0.39, 0.29) is 68.8 Å². The minimum atomic E-state index is -3.09. The average Bonchev–Trinajstić information content (AvgIpc) is 1.17. The zero-order valence-corrected chi connectivity index (χ0v) is 50.0. The summed E-state index contributed by atoms with van der Waals surface area (Å²) in [6.45, 7) is 1.99. The molecule has 0 amide bonds. The van der Waals surface area contributed by atoms with E-state index in [1.165, 1.54) is 50.6 Å². The van der Waals surface area contributed by atoms with Gasteiger partial charge in [-0.1, -0.05) is 24.3 Å². The van der Waals surface area contributed by atoms with Gasteiger partial charge in [0.05, 0.1) is 72.0 Å². The highest BCUT2D eigenvalue weighted by atomic mass is 16.8. The Morgan fingerprint density at radius 2 is 0.989 bits per heavy atom. The molecule has 13 rings (SSSR count). The molecule has 5 aliphatic heterocycles. The lowest BCUT2D eigenvalue weighted by atomic mass is 9.69. The highest BCUT2D eigenvalue weighted by Gasteiger charge is 2.70. The van der Waals surface area contributed by atoms with E-state index in [1.807, 2.05) is 0 Å². The number of rotatable bonds is 13. The number of phenols is 4. The Morgan fingerprint density at radius 1 is 0.556 bits per heavy atom. The van der Waals surface area contributed by atoms with Crippen molar-refractivity contribution < 1.29 is 117 Å². The molecule has 26 nitrogen and oxygen atoms in total. The Kier molecular flexibility index (Phi) is 16.2. The van der Waals surface area contributed by atoms with Gasteiger partial charge in [-0.05, 0) is 64.5 Å². The van der Waals surface area contributed by atoms with Crippen molar-refractivity contribution in [1.29, 1.82) is 0 Å². The number of phenolic OH excluding ortho intramolecular Hbond substituents is 4. The summed E-state index contributed by atoms with van der Waals surface area (Å²) in [4.78, 5) is 58.3. The minimum absolute atomic E-state index is 0.00489. The first-order valence-electron chi connectivity index (χ1n) is 30.5. The van der Waals surface area contributed by atoms with Crippen LogP contribution in [0.4, 0.5) is 0 Å². The third-order valence-corrected chi connectivity index (χ3v) is 19.6. The van der Waals surface area contributed by atoms with Gasteiger partial charge >= 0.3 is 0 Å². The Balaban J connectivity index is 0.875. The number of hydrogen-bond acceptors (Lipinski definition) is 26. The Morgan fingerprint density at radius 3 is 1.40 bits per heavy atom. The molecule has 4 aliphatic carbocycles. The molecule has 0 bridgehead atoms. The van der Waals surface area contributed by atoms with Crippen LogP contribution in [0.15, 0.2) is 36.4 Å². The molecule has 4 aromatic rings. The van der Waals surface area contributed by atoms with Crippen LogP contribution in [-0.2, 0) is 60.2 Å². The van der Waals surface area contributed by atoms with Crippen LogP contribution in [0.2, 0.25) is 0 Å². The summed E-state index contributed by atoms with van der Waals surface area (Å²) < 4.78 is 73.9. The summed E-state index contributed by atoms with van der Waals surface area (Å²) in [6, 6.07) is 6.99. The molecule has 9 aliphatic rings. The van der Waals surface area contributed by atoms with Gasteiger partial charge in [-0.3, -0.25) is 19.2 Å². The molecule has 0 unspecified atom stereocenters. The number of carbonyl (C=O) groups excluding carboxylic acids is 4. The first-order valence-corrected chi connectivity index (χ1v) is 30.5. The Bertz CT molecular complexity index is 3540. The standard InChI is InChI=1S/C64H74N2O24/c1-27-59(88-39-15-5-7-17-81-39)33(65)19-41(84-27)86-37-23-61(76,21-31-45(37)57(74)49-47(53(31)70)51(68)29-11-9-13-35(79-3)43(29)55(49)72)63(78)26-83-64(25-67,90-63)62(77)22-32-46(38(24-62)87-42-20-34(66)60(28(2)85-42)89-40-16-6-8-18-82-40)58(75)50-48(54(32)71)52(69)30-12-10-14-36(80-4)44(30)56(50)73/h9-14,27-28,33-34,37-42,59-60,67,70-71,74-78H,5-8,15-26,65-66H2,1-4H3/t27-,28-,33-,34-,37-,38-,39+,40+,41-,42-,59+,60+,61-,62-,63+,64+/m0/s1. The first kappa shape index (κ1) is 62.5. The smallest absolute Gasteiger partial charge is 0.224 e. The molecule has 0 spiro atoms. The molecule has 4 aromatic carbocycles. The summed E-state index contributed by atoms with van der Waals surface area (Å²) in [6.07, 6.45) is -8.57. The van der Waals surface area contributed by atoms with Gasteiger partial charge in [-0.25, -0.2) is 0 Å². The van der Waals surface area contributed by atoms with Crippen LogP contribution in [0.1, 0.15) is 176 Å². The number of aromatic hydroxyl groups is 4. The molecule has 5 fully saturated rings. The predicted molar refractivity (Wildman–Crippen MR) is 306 cm³/mol. The average molecular weight is 1260 g/mol. The fourth-order valence-electron chi connectivity index (χ4n) is 15.0. The van der Waals surface area contributed by atoms with E-state index in [4.69, 9.17) is 68.3 Å². The van der Waals surface area contributed by atoms with Crippen molar-refractivity contribution in [1.82, 2.24) is 0 Å². The van der Waals surface area contributed by atoms with Crippen LogP contribution in [0.25, 0.3) is 0 Å². The molecule has 0 aromatic heterocycles. The normalized spacial score (nSPS) is 35.6. The van der Waals surface area contributed by atoms with E-state index in [0.717, 1.165) is 25.7 Å². The number of methoxy groups -OCH3 is 2. The SMILES string of the molecule is COc1cccc2c1C(=O)c1c(O)c3c(c(O)c1C2=O)C[C@@](O)([C@]1(CO)OC[C@](O)([C@]2(O)Cc4c(O)c5c(c(O)c4[C@@H](O[C@H]4C[C@H](N)[C@H](O[C@@H]6CCCCO6)[C@H](C)O4)C2)C(=O)c2c(OC)cccc2C5=O)O1)C[C@@H]3O[C@H]1C[C@H](N)[C@H](O[C@@H]2CCCCO2)[C@H](C)O1. The number of aliphatic hydroxyl groups is 4. The summed E-state index contributed by atoms with van der Waals surface area (Å²) in [5.41, 5.74) is 3.52. The second kappa shape index (κ2) is 23.4. The molecule has 26 heteroatoms. The van der Waals surface area contributed by atoms with E-state index >= 15 is 0 Å². The molecule has 0 saturated carbocycles. The zero-order valence-electron chi connectivity index (χ0n) is 50.0. The number of benzene rings is 4. The van der Waals surface area contributed by atoms with E-state index < -0.39 is 204 Å². The summed E-state index contributed by atoms with van der Waals surface area (Å²) >= 11 is 0. The lowest BCUT2D eigenvalue weighted by Gasteiger charge is -2.50. The van der Waals surface area contributed by atoms with Gasteiger partial charge in [0.15, 0.2) is 36.7 Å². The maximum Gasteiger partial charge on any atom is 0.224 e. The lowest BCUT2D eigenvalue weighted by molar-refractivity contribution is -0.367. The highest BCUT2D eigenvalue weighted by Crippen LogP contribution is 2.60. The number of hydrogen-bond donors (Lipinski definition) is 10. The third-order valence-electron chi connectivity index (χ3n) is 19.6. The van der Waals surface area contributed by atoms with Crippen LogP contribution in [-0.4, -0.2) is 189 Å². The van der Waals surface area contributed by atoms with Crippen LogP contribution in [0.5, 0.6) is 34.5 Å². The van der Waals surface area contributed by atoms with Crippen molar-refractivity contribution in [2.45, 2.75) is 188 Å². The second-order valence-corrected chi connectivity index (χ2v) is 25.1. The topological polar surface area (TPSA) is 393 Å².